The fourth-order valence-electron chi connectivity index (χ4n) is 3.16. The van der Waals surface area contributed by atoms with Crippen LogP contribution in [0, 0.1) is 5.82 Å². The van der Waals surface area contributed by atoms with Gasteiger partial charge in [-0.15, -0.1) is 0 Å². The summed E-state index contributed by atoms with van der Waals surface area (Å²) in [4.78, 5) is 14.4. The molecule has 0 aromatic heterocycles. The molecule has 1 aliphatic rings. The van der Waals surface area contributed by atoms with Gasteiger partial charge in [0.05, 0.1) is 20.3 Å². The first-order valence-corrected chi connectivity index (χ1v) is 8.17. The minimum atomic E-state index is -0.333. The summed E-state index contributed by atoms with van der Waals surface area (Å²) in [7, 11) is 3.21. The number of ether oxygens (including phenoxy) is 2. The third-order valence-corrected chi connectivity index (χ3v) is 4.41. The van der Waals surface area contributed by atoms with Gasteiger partial charge in [-0.05, 0) is 49.2 Å². The van der Waals surface area contributed by atoms with Gasteiger partial charge in [0.15, 0.2) is 0 Å². The van der Waals surface area contributed by atoms with E-state index in [1.54, 1.807) is 31.3 Å². The number of hydrogen-bond donors (Lipinski definition) is 1. The molecular weight excluding hydrogens is 323 g/mol. The fraction of sp³-hybridized carbons (Fsp3) is 0.316. The number of hydrogen-bond acceptors (Lipinski definition) is 3. The summed E-state index contributed by atoms with van der Waals surface area (Å²) >= 11 is 0. The molecule has 1 heterocycles. The van der Waals surface area contributed by atoms with Gasteiger partial charge in [0.25, 0.3) is 0 Å². The van der Waals surface area contributed by atoms with Crippen LogP contribution in [0.3, 0.4) is 0 Å². The highest BCUT2D eigenvalue weighted by atomic mass is 19.1. The molecule has 1 N–H and O–H groups in total. The van der Waals surface area contributed by atoms with E-state index in [1.165, 1.54) is 12.1 Å². The van der Waals surface area contributed by atoms with Crippen molar-refractivity contribution in [3.8, 4) is 11.5 Å². The highest BCUT2D eigenvalue weighted by Gasteiger charge is 2.32. The van der Waals surface area contributed by atoms with Gasteiger partial charge >= 0.3 is 6.03 Å². The van der Waals surface area contributed by atoms with Gasteiger partial charge in [0, 0.05) is 23.9 Å². The van der Waals surface area contributed by atoms with E-state index < -0.39 is 0 Å². The van der Waals surface area contributed by atoms with Crippen molar-refractivity contribution in [2.24, 2.45) is 0 Å². The van der Waals surface area contributed by atoms with E-state index in [2.05, 4.69) is 5.32 Å². The summed E-state index contributed by atoms with van der Waals surface area (Å²) in [5.74, 6) is 1.08. The Kier molecular flexibility index (Phi) is 5.07. The third kappa shape index (κ3) is 3.68. The quantitative estimate of drug-likeness (QED) is 0.904. The van der Waals surface area contributed by atoms with Crippen LogP contribution in [0.25, 0.3) is 0 Å². The predicted molar refractivity (Wildman–Crippen MR) is 93.6 cm³/mol. The standard InChI is InChI=1S/C19H21FN2O3/c1-24-15-9-10-16(18(12-15)25-2)17-4-3-11-22(17)19(23)21-14-7-5-13(20)6-8-14/h5-10,12,17H,3-4,11H2,1-2H3,(H,21,23). The molecule has 6 heteroatoms. The number of anilines is 1. The van der Waals surface area contributed by atoms with E-state index in [1.807, 2.05) is 18.2 Å². The molecular formula is C19H21FN2O3. The van der Waals surface area contributed by atoms with Crippen LogP contribution >= 0.6 is 0 Å². The van der Waals surface area contributed by atoms with Crippen LogP contribution in [0.5, 0.6) is 11.5 Å². The molecule has 5 nitrogen and oxygen atoms in total. The molecule has 0 radical (unpaired) electrons. The highest BCUT2D eigenvalue weighted by molar-refractivity contribution is 5.89. The van der Waals surface area contributed by atoms with E-state index in [-0.39, 0.29) is 17.9 Å². The third-order valence-electron chi connectivity index (χ3n) is 4.41. The molecule has 3 rings (SSSR count). The predicted octanol–water partition coefficient (Wildman–Crippen LogP) is 4.21. The lowest BCUT2D eigenvalue weighted by Gasteiger charge is -2.26. The van der Waals surface area contributed by atoms with Gasteiger partial charge in [0.2, 0.25) is 0 Å². The molecule has 0 aliphatic carbocycles. The number of carbonyl (C=O) groups excluding carboxylic acids is 1. The lowest BCUT2D eigenvalue weighted by Crippen LogP contribution is -2.34. The average molecular weight is 344 g/mol. The SMILES string of the molecule is COc1ccc(C2CCCN2C(=O)Nc2ccc(F)cc2)c(OC)c1. The summed E-state index contributed by atoms with van der Waals surface area (Å²) in [6, 6.07) is 11.1. The highest BCUT2D eigenvalue weighted by Crippen LogP contribution is 2.38. The zero-order chi connectivity index (χ0) is 17.8. The Morgan fingerprint density at radius 3 is 2.60 bits per heavy atom. The molecule has 2 aromatic carbocycles. The van der Waals surface area contributed by atoms with E-state index in [4.69, 9.17) is 9.47 Å². The van der Waals surface area contributed by atoms with E-state index >= 15 is 0 Å². The van der Waals surface area contributed by atoms with Crippen molar-refractivity contribution in [2.75, 3.05) is 26.1 Å². The fourth-order valence-corrected chi connectivity index (χ4v) is 3.16. The maximum atomic E-state index is 13.0. The Morgan fingerprint density at radius 1 is 1.16 bits per heavy atom. The second-order valence-electron chi connectivity index (χ2n) is 5.90. The number of amides is 2. The summed E-state index contributed by atoms with van der Waals surface area (Å²) < 4.78 is 23.7. The number of likely N-dealkylation sites (tertiary alicyclic amines) is 1. The van der Waals surface area contributed by atoms with E-state index in [0.29, 0.717) is 23.7 Å². The first kappa shape index (κ1) is 17.1. The van der Waals surface area contributed by atoms with Gasteiger partial charge in [-0.3, -0.25) is 0 Å². The number of nitrogens with one attached hydrogen (secondary N) is 1. The largest absolute Gasteiger partial charge is 0.497 e. The number of halogens is 1. The molecule has 1 saturated heterocycles. The topological polar surface area (TPSA) is 50.8 Å². The van der Waals surface area contributed by atoms with Crippen LogP contribution < -0.4 is 14.8 Å². The summed E-state index contributed by atoms with van der Waals surface area (Å²) in [6.07, 6.45) is 1.77. The van der Waals surface area contributed by atoms with Gasteiger partial charge in [-0.2, -0.15) is 0 Å². The Labute approximate surface area is 146 Å². The number of rotatable bonds is 4. The lowest BCUT2D eigenvalue weighted by atomic mass is 10.0. The van der Waals surface area contributed by atoms with Crippen LogP contribution in [-0.4, -0.2) is 31.7 Å². The molecule has 1 aliphatic heterocycles. The number of carbonyl (C=O) groups is 1. The van der Waals surface area contributed by atoms with Crippen LogP contribution in [-0.2, 0) is 0 Å². The molecule has 1 unspecified atom stereocenters. The summed E-state index contributed by atoms with van der Waals surface area (Å²) in [5, 5.41) is 2.83. The maximum Gasteiger partial charge on any atom is 0.322 e. The van der Waals surface area contributed by atoms with Crippen molar-refractivity contribution in [1.29, 1.82) is 0 Å². The first-order chi connectivity index (χ1) is 12.1. The van der Waals surface area contributed by atoms with Gasteiger partial charge in [-0.1, -0.05) is 0 Å². The van der Waals surface area contributed by atoms with E-state index in [9.17, 15) is 9.18 Å². The number of benzene rings is 2. The lowest BCUT2D eigenvalue weighted by molar-refractivity contribution is 0.206. The zero-order valence-corrected chi connectivity index (χ0v) is 14.3. The van der Waals surface area contributed by atoms with Crippen LogP contribution in [0.15, 0.2) is 42.5 Å². The van der Waals surface area contributed by atoms with Gasteiger partial charge in [0.1, 0.15) is 17.3 Å². The average Bonchev–Trinajstić information content (AvgIpc) is 3.12. The monoisotopic (exact) mass is 344 g/mol. The molecule has 1 atom stereocenters. The second-order valence-corrected chi connectivity index (χ2v) is 5.90. The van der Waals surface area contributed by atoms with Crippen molar-refractivity contribution in [1.82, 2.24) is 4.90 Å². The molecule has 0 bridgehead atoms. The summed E-state index contributed by atoms with van der Waals surface area (Å²) in [5.41, 5.74) is 1.52. The number of nitrogens with zero attached hydrogens (tertiary/aromatic N) is 1. The van der Waals surface area contributed by atoms with Crippen molar-refractivity contribution in [2.45, 2.75) is 18.9 Å². The van der Waals surface area contributed by atoms with Gasteiger partial charge in [-0.25, -0.2) is 9.18 Å². The Bertz CT molecular complexity index is 749. The number of urea groups is 1. The maximum absolute atomic E-state index is 13.0. The molecule has 0 saturated carbocycles. The Hall–Kier alpha value is -2.76. The molecule has 132 valence electrons. The molecule has 1 fully saturated rings. The van der Waals surface area contributed by atoms with E-state index in [0.717, 1.165) is 18.4 Å². The Morgan fingerprint density at radius 2 is 1.92 bits per heavy atom. The van der Waals surface area contributed by atoms with Crippen LogP contribution in [0.4, 0.5) is 14.9 Å². The van der Waals surface area contributed by atoms with Crippen molar-refractivity contribution < 1.29 is 18.7 Å². The zero-order valence-electron chi connectivity index (χ0n) is 14.3. The minimum absolute atomic E-state index is 0.0682. The smallest absolute Gasteiger partial charge is 0.322 e. The summed E-state index contributed by atoms with van der Waals surface area (Å²) in [6.45, 7) is 0.660. The first-order valence-electron chi connectivity index (χ1n) is 8.17. The van der Waals surface area contributed by atoms with Crippen LogP contribution in [0.2, 0.25) is 0 Å². The molecule has 25 heavy (non-hydrogen) atoms. The second kappa shape index (κ2) is 7.42. The van der Waals surface area contributed by atoms with Crippen molar-refractivity contribution in [3.05, 3.63) is 53.8 Å². The van der Waals surface area contributed by atoms with Crippen LogP contribution in [0.1, 0.15) is 24.4 Å². The van der Waals surface area contributed by atoms with Crippen molar-refractivity contribution >= 4 is 11.7 Å². The molecule has 0 spiro atoms. The molecule has 2 amide bonds. The normalized spacial score (nSPS) is 16.6. The van der Waals surface area contributed by atoms with Crippen molar-refractivity contribution in [3.63, 3.8) is 0 Å². The molecule has 2 aromatic rings. The number of methoxy groups -OCH3 is 2. The van der Waals surface area contributed by atoms with Gasteiger partial charge < -0.3 is 19.7 Å². The minimum Gasteiger partial charge on any atom is -0.497 e. The Balaban J connectivity index is 1.80.